The molecular formula is C16H26ClN5O2. The van der Waals surface area contributed by atoms with Crippen molar-refractivity contribution in [3.8, 4) is 0 Å². The summed E-state index contributed by atoms with van der Waals surface area (Å²) in [6, 6.07) is 7.69. The van der Waals surface area contributed by atoms with Crippen molar-refractivity contribution in [3.63, 3.8) is 0 Å². The molecule has 0 saturated carbocycles. The van der Waals surface area contributed by atoms with Gasteiger partial charge in [-0.25, -0.2) is 9.79 Å². The van der Waals surface area contributed by atoms with Gasteiger partial charge < -0.3 is 26.0 Å². The van der Waals surface area contributed by atoms with Gasteiger partial charge in [-0.1, -0.05) is 0 Å². The summed E-state index contributed by atoms with van der Waals surface area (Å²) in [7, 11) is 0. The zero-order valence-corrected chi connectivity index (χ0v) is 15.2. The number of nitrogens with two attached hydrogens (primary N) is 2. The second-order valence-corrected chi connectivity index (χ2v) is 6.51. The SMILES string of the molecule is CC(C)(C)OC(=O)N1CCN(c2ccc(N=C(N)N)cc2)CC1.Cl. The van der Waals surface area contributed by atoms with Gasteiger partial charge in [0.25, 0.3) is 0 Å². The Morgan fingerprint density at radius 1 is 1.08 bits per heavy atom. The molecule has 1 amide bonds. The van der Waals surface area contributed by atoms with Crippen molar-refractivity contribution in [2.45, 2.75) is 26.4 Å². The van der Waals surface area contributed by atoms with Gasteiger partial charge in [0.15, 0.2) is 5.96 Å². The van der Waals surface area contributed by atoms with E-state index in [4.69, 9.17) is 16.2 Å². The van der Waals surface area contributed by atoms with Crippen LogP contribution in [0, 0.1) is 0 Å². The highest BCUT2D eigenvalue weighted by molar-refractivity contribution is 5.85. The predicted octanol–water partition coefficient (Wildman–Crippen LogP) is 2.07. The molecule has 134 valence electrons. The van der Waals surface area contributed by atoms with Crippen LogP contribution in [0.25, 0.3) is 0 Å². The number of rotatable bonds is 2. The Bertz CT molecular complexity index is 571. The molecule has 1 aliphatic heterocycles. The van der Waals surface area contributed by atoms with Crippen molar-refractivity contribution in [2.75, 3.05) is 31.1 Å². The molecule has 0 unspecified atom stereocenters. The van der Waals surface area contributed by atoms with Crippen molar-refractivity contribution in [1.29, 1.82) is 0 Å². The zero-order valence-electron chi connectivity index (χ0n) is 14.4. The molecule has 0 aromatic heterocycles. The zero-order chi connectivity index (χ0) is 17.0. The molecule has 0 bridgehead atoms. The summed E-state index contributed by atoms with van der Waals surface area (Å²) in [6.45, 7) is 8.44. The van der Waals surface area contributed by atoms with E-state index in [-0.39, 0.29) is 24.5 Å². The summed E-state index contributed by atoms with van der Waals surface area (Å²) in [6.07, 6.45) is -0.250. The molecule has 7 nitrogen and oxygen atoms in total. The molecule has 0 radical (unpaired) electrons. The van der Waals surface area contributed by atoms with Crippen molar-refractivity contribution >= 4 is 35.8 Å². The second kappa shape index (κ2) is 8.10. The third kappa shape index (κ3) is 5.81. The van der Waals surface area contributed by atoms with Crippen LogP contribution in [0.3, 0.4) is 0 Å². The first-order valence-electron chi connectivity index (χ1n) is 7.67. The molecule has 24 heavy (non-hydrogen) atoms. The topological polar surface area (TPSA) is 97.2 Å². The van der Waals surface area contributed by atoms with E-state index in [0.29, 0.717) is 13.1 Å². The van der Waals surface area contributed by atoms with E-state index in [2.05, 4.69) is 9.89 Å². The summed E-state index contributed by atoms with van der Waals surface area (Å²) in [5.74, 6) is 0.0451. The molecule has 1 aliphatic rings. The molecule has 2 rings (SSSR count). The van der Waals surface area contributed by atoms with E-state index in [9.17, 15) is 4.79 Å². The first-order chi connectivity index (χ1) is 10.7. The molecule has 1 heterocycles. The minimum atomic E-state index is -0.463. The number of halogens is 1. The van der Waals surface area contributed by atoms with Crippen LogP contribution in [-0.2, 0) is 4.74 Å². The molecule has 0 spiro atoms. The van der Waals surface area contributed by atoms with E-state index in [0.717, 1.165) is 24.5 Å². The Morgan fingerprint density at radius 3 is 2.08 bits per heavy atom. The number of piperazine rings is 1. The molecule has 1 saturated heterocycles. The maximum atomic E-state index is 12.1. The molecule has 1 aromatic rings. The normalized spacial score (nSPS) is 14.6. The Morgan fingerprint density at radius 2 is 1.62 bits per heavy atom. The lowest BCUT2D eigenvalue weighted by Gasteiger charge is -2.36. The van der Waals surface area contributed by atoms with Gasteiger partial charge >= 0.3 is 6.09 Å². The Balaban J connectivity index is 0.00000288. The van der Waals surface area contributed by atoms with Crippen LogP contribution in [0.15, 0.2) is 29.3 Å². The van der Waals surface area contributed by atoms with Crippen LogP contribution < -0.4 is 16.4 Å². The maximum absolute atomic E-state index is 12.1. The van der Waals surface area contributed by atoms with Crippen LogP contribution >= 0.6 is 12.4 Å². The molecular weight excluding hydrogens is 330 g/mol. The van der Waals surface area contributed by atoms with Gasteiger partial charge in [0, 0.05) is 31.9 Å². The number of guanidine groups is 1. The number of carbonyl (C=O) groups excluding carboxylic acids is 1. The lowest BCUT2D eigenvalue weighted by atomic mass is 10.2. The van der Waals surface area contributed by atoms with E-state index in [1.54, 1.807) is 4.90 Å². The van der Waals surface area contributed by atoms with Crippen molar-refractivity contribution in [3.05, 3.63) is 24.3 Å². The van der Waals surface area contributed by atoms with E-state index in [1.807, 2.05) is 45.0 Å². The van der Waals surface area contributed by atoms with Crippen molar-refractivity contribution < 1.29 is 9.53 Å². The number of benzene rings is 1. The molecule has 0 atom stereocenters. The smallest absolute Gasteiger partial charge is 0.410 e. The number of carbonyl (C=O) groups is 1. The quantitative estimate of drug-likeness (QED) is 0.625. The second-order valence-electron chi connectivity index (χ2n) is 6.51. The fourth-order valence-electron chi connectivity index (χ4n) is 2.36. The third-order valence-electron chi connectivity index (χ3n) is 3.40. The Labute approximate surface area is 149 Å². The molecule has 0 aliphatic carbocycles. The fourth-order valence-corrected chi connectivity index (χ4v) is 2.36. The number of hydrogen-bond acceptors (Lipinski definition) is 4. The summed E-state index contributed by atoms with van der Waals surface area (Å²) in [4.78, 5) is 20.0. The number of ether oxygens (including phenoxy) is 1. The maximum Gasteiger partial charge on any atom is 0.410 e. The minimum absolute atomic E-state index is 0. The highest BCUT2D eigenvalue weighted by Gasteiger charge is 2.25. The highest BCUT2D eigenvalue weighted by atomic mass is 35.5. The molecule has 4 N–H and O–H groups in total. The number of nitrogens with zero attached hydrogens (tertiary/aromatic N) is 3. The van der Waals surface area contributed by atoms with Crippen molar-refractivity contribution in [2.24, 2.45) is 16.5 Å². The number of anilines is 1. The summed E-state index contributed by atoms with van der Waals surface area (Å²) >= 11 is 0. The van der Waals surface area contributed by atoms with Crippen LogP contribution in [0.4, 0.5) is 16.2 Å². The average Bonchev–Trinajstić information content (AvgIpc) is 2.46. The van der Waals surface area contributed by atoms with Gasteiger partial charge in [-0.3, -0.25) is 0 Å². The fraction of sp³-hybridized carbons (Fsp3) is 0.500. The summed E-state index contributed by atoms with van der Waals surface area (Å²) < 4.78 is 5.40. The van der Waals surface area contributed by atoms with E-state index >= 15 is 0 Å². The monoisotopic (exact) mass is 355 g/mol. The predicted molar refractivity (Wildman–Crippen MR) is 99.2 cm³/mol. The van der Waals surface area contributed by atoms with Gasteiger partial charge in [0.05, 0.1) is 5.69 Å². The highest BCUT2D eigenvalue weighted by Crippen LogP contribution is 2.21. The standard InChI is InChI=1S/C16H25N5O2.ClH/c1-16(2,3)23-15(22)21-10-8-20(9-11-21)13-6-4-12(5-7-13)19-14(17)18;/h4-7H,8-11H2,1-3H3,(H4,17,18,19);1H. The first kappa shape index (κ1) is 19.9. The van der Waals surface area contributed by atoms with Crippen LogP contribution in [0.5, 0.6) is 0 Å². The number of amides is 1. The molecule has 8 heteroatoms. The summed E-state index contributed by atoms with van der Waals surface area (Å²) in [5, 5.41) is 0. The van der Waals surface area contributed by atoms with E-state index < -0.39 is 5.60 Å². The van der Waals surface area contributed by atoms with Crippen LogP contribution in [-0.4, -0.2) is 48.7 Å². The van der Waals surface area contributed by atoms with Gasteiger partial charge in [0.2, 0.25) is 0 Å². The first-order valence-corrected chi connectivity index (χ1v) is 7.67. The number of hydrogen-bond donors (Lipinski definition) is 2. The third-order valence-corrected chi connectivity index (χ3v) is 3.40. The molecule has 1 fully saturated rings. The Kier molecular flexibility index (Phi) is 6.71. The van der Waals surface area contributed by atoms with Gasteiger partial charge in [-0.05, 0) is 45.0 Å². The lowest BCUT2D eigenvalue weighted by molar-refractivity contribution is 0.0240. The van der Waals surface area contributed by atoms with Crippen LogP contribution in [0.1, 0.15) is 20.8 Å². The van der Waals surface area contributed by atoms with Gasteiger partial charge in [0.1, 0.15) is 5.60 Å². The van der Waals surface area contributed by atoms with Gasteiger partial charge in [-0.2, -0.15) is 0 Å². The minimum Gasteiger partial charge on any atom is -0.444 e. The van der Waals surface area contributed by atoms with Crippen LogP contribution in [0.2, 0.25) is 0 Å². The average molecular weight is 356 g/mol. The van der Waals surface area contributed by atoms with Crippen molar-refractivity contribution in [1.82, 2.24) is 4.90 Å². The molecule has 1 aromatic carbocycles. The number of aliphatic imine (C=N–C) groups is 1. The van der Waals surface area contributed by atoms with Gasteiger partial charge in [-0.15, -0.1) is 12.4 Å². The summed E-state index contributed by atoms with van der Waals surface area (Å²) in [5.41, 5.74) is 12.1. The Hall–Kier alpha value is -2.15. The van der Waals surface area contributed by atoms with E-state index in [1.165, 1.54) is 0 Å². The lowest BCUT2D eigenvalue weighted by Crippen LogP contribution is -2.50. The largest absolute Gasteiger partial charge is 0.444 e.